The number of hydrogen-bond acceptors (Lipinski definition) is 4. The van der Waals surface area contributed by atoms with E-state index in [0.717, 1.165) is 22.3 Å². The number of fused-ring (bicyclic) bond motifs is 5. The second-order valence-corrected chi connectivity index (χ2v) is 13.5. The summed E-state index contributed by atoms with van der Waals surface area (Å²) in [6, 6.07) is 60.7. The Kier molecular flexibility index (Phi) is 8.47. The first-order chi connectivity index (χ1) is 26.2. The standard InChI is InChI=1S/C49H38O4/c50-27-29-52-41-23-19-39(20-24-41)49(40-21-25-42(26-22-40)53-30-28-51)45-13-5-11-43(37-17-15-33-7-1-3-9-35(33)31-37)47(45)48-44(12-6-14-46(48)49)38-18-16-34-8-2-4-10-36(34)32-38/h1-26,31-32,50-51H,27-30H2. The molecule has 0 fully saturated rings. The maximum Gasteiger partial charge on any atom is 0.119 e. The average molecular weight is 691 g/mol. The van der Waals surface area contributed by atoms with E-state index in [1.807, 2.05) is 24.3 Å². The second kappa shape index (κ2) is 13.7. The molecule has 0 amide bonds. The van der Waals surface area contributed by atoms with Gasteiger partial charge in [-0.05, 0) is 114 Å². The quantitative estimate of drug-likeness (QED) is 0.150. The van der Waals surface area contributed by atoms with Crippen molar-refractivity contribution in [2.45, 2.75) is 5.41 Å². The van der Waals surface area contributed by atoms with Gasteiger partial charge in [0.1, 0.15) is 24.7 Å². The van der Waals surface area contributed by atoms with E-state index in [0.29, 0.717) is 11.5 Å². The lowest BCUT2D eigenvalue weighted by atomic mass is 9.67. The molecule has 8 aromatic carbocycles. The van der Waals surface area contributed by atoms with Crippen molar-refractivity contribution < 1.29 is 19.7 Å². The van der Waals surface area contributed by atoms with Crippen LogP contribution in [0.1, 0.15) is 22.3 Å². The number of hydrogen-bond donors (Lipinski definition) is 2. The van der Waals surface area contributed by atoms with Gasteiger partial charge in [-0.3, -0.25) is 0 Å². The number of ether oxygens (including phenoxy) is 2. The van der Waals surface area contributed by atoms with Crippen LogP contribution >= 0.6 is 0 Å². The minimum atomic E-state index is -0.699. The Hall–Kier alpha value is -6.20. The van der Waals surface area contributed by atoms with Crippen LogP contribution in [0.4, 0.5) is 0 Å². The van der Waals surface area contributed by atoms with Crippen LogP contribution in [-0.2, 0) is 5.41 Å². The lowest BCUT2D eigenvalue weighted by Gasteiger charge is -2.34. The Labute approximate surface area is 309 Å². The van der Waals surface area contributed by atoms with E-state index < -0.39 is 5.41 Å². The lowest BCUT2D eigenvalue weighted by molar-refractivity contribution is 0.201. The largest absolute Gasteiger partial charge is 0.491 e. The molecule has 1 aliphatic rings. The smallest absolute Gasteiger partial charge is 0.119 e. The van der Waals surface area contributed by atoms with Crippen molar-refractivity contribution in [3.05, 3.63) is 192 Å². The summed E-state index contributed by atoms with van der Waals surface area (Å²) in [7, 11) is 0. The molecule has 53 heavy (non-hydrogen) atoms. The molecule has 0 radical (unpaired) electrons. The van der Waals surface area contributed by atoms with E-state index in [1.54, 1.807) is 0 Å². The maximum absolute atomic E-state index is 9.45. The van der Waals surface area contributed by atoms with Crippen molar-refractivity contribution in [3.8, 4) is 44.9 Å². The van der Waals surface area contributed by atoms with Crippen LogP contribution in [0.5, 0.6) is 11.5 Å². The summed E-state index contributed by atoms with van der Waals surface area (Å²) < 4.78 is 11.7. The molecule has 2 N–H and O–H groups in total. The second-order valence-electron chi connectivity index (χ2n) is 13.5. The van der Waals surface area contributed by atoms with Gasteiger partial charge in [0, 0.05) is 0 Å². The van der Waals surface area contributed by atoms with Crippen molar-refractivity contribution in [1.29, 1.82) is 0 Å². The van der Waals surface area contributed by atoms with Gasteiger partial charge in [-0.25, -0.2) is 0 Å². The zero-order chi connectivity index (χ0) is 35.8. The van der Waals surface area contributed by atoms with Crippen molar-refractivity contribution in [2.24, 2.45) is 0 Å². The fourth-order valence-corrected chi connectivity index (χ4v) is 8.33. The third-order valence-electron chi connectivity index (χ3n) is 10.6. The van der Waals surface area contributed by atoms with Gasteiger partial charge in [-0.15, -0.1) is 0 Å². The van der Waals surface area contributed by atoms with Crippen LogP contribution in [0.15, 0.2) is 170 Å². The van der Waals surface area contributed by atoms with Crippen LogP contribution in [0.3, 0.4) is 0 Å². The Morgan fingerprint density at radius 1 is 0.396 bits per heavy atom. The van der Waals surface area contributed by atoms with E-state index in [2.05, 4.69) is 146 Å². The van der Waals surface area contributed by atoms with Crippen molar-refractivity contribution in [1.82, 2.24) is 0 Å². The van der Waals surface area contributed by atoms with Crippen LogP contribution < -0.4 is 9.47 Å². The van der Waals surface area contributed by atoms with E-state index in [1.165, 1.54) is 54.9 Å². The van der Waals surface area contributed by atoms with E-state index in [4.69, 9.17) is 9.47 Å². The Balaban J connectivity index is 1.37. The molecule has 0 aliphatic heterocycles. The third-order valence-corrected chi connectivity index (χ3v) is 10.6. The van der Waals surface area contributed by atoms with Crippen LogP contribution in [0, 0.1) is 0 Å². The Morgan fingerprint density at radius 2 is 0.811 bits per heavy atom. The molecule has 0 heterocycles. The van der Waals surface area contributed by atoms with Crippen LogP contribution in [0.2, 0.25) is 0 Å². The van der Waals surface area contributed by atoms with Gasteiger partial charge in [0.05, 0.1) is 18.6 Å². The molecular weight excluding hydrogens is 653 g/mol. The van der Waals surface area contributed by atoms with Crippen molar-refractivity contribution in [3.63, 3.8) is 0 Å². The van der Waals surface area contributed by atoms with Gasteiger partial charge >= 0.3 is 0 Å². The zero-order valence-corrected chi connectivity index (χ0v) is 29.2. The molecule has 0 bridgehead atoms. The Morgan fingerprint density at radius 3 is 1.23 bits per heavy atom. The van der Waals surface area contributed by atoms with Crippen LogP contribution in [-0.4, -0.2) is 36.6 Å². The van der Waals surface area contributed by atoms with E-state index >= 15 is 0 Å². The maximum atomic E-state index is 9.45. The summed E-state index contributed by atoms with van der Waals surface area (Å²) in [6.07, 6.45) is 0. The molecule has 0 spiro atoms. The first kappa shape index (κ1) is 32.7. The molecule has 258 valence electrons. The molecule has 0 saturated carbocycles. The van der Waals surface area contributed by atoms with Crippen molar-refractivity contribution >= 4 is 21.5 Å². The minimum Gasteiger partial charge on any atom is -0.491 e. The molecule has 8 aromatic rings. The topological polar surface area (TPSA) is 58.9 Å². The molecule has 4 nitrogen and oxygen atoms in total. The normalized spacial score (nSPS) is 12.8. The first-order valence-electron chi connectivity index (χ1n) is 18.1. The van der Waals surface area contributed by atoms with E-state index in [-0.39, 0.29) is 26.4 Å². The molecule has 0 saturated heterocycles. The fourth-order valence-electron chi connectivity index (χ4n) is 8.33. The van der Waals surface area contributed by atoms with Gasteiger partial charge in [0.2, 0.25) is 0 Å². The molecule has 4 heteroatoms. The summed E-state index contributed by atoms with van der Waals surface area (Å²) in [4.78, 5) is 0. The number of benzene rings is 8. The van der Waals surface area contributed by atoms with Crippen LogP contribution in [0.25, 0.3) is 54.9 Å². The van der Waals surface area contributed by atoms with Gasteiger partial charge in [-0.2, -0.15) is 0 Å². The first-order valence-corrected chi connectivity index (χ1v) is 18.1. The molecule has 0 unspecified atom stereocenters. The number of aliphatic hydroxyl groups is 2. The molecule has 0 atom stereocenters. The molecule has 0 aromatic heterocycles. The predicted octanol–water partition coefficient (Wildman–Crippen LogP) is 10.4. The highest BCUT2D eigenvalue weighted by Gasteiger charge is 2.48. The zero-order valence-electron chi connectivity index (χ0n) is 29.2. The lowest BCUT2D eigenvalue weighted by Crippen LogP contribution is -2.28. The number of aliphatic hydroxyl groups excluding tert-OH is 2. The summed E-state index contributed by atoms with van der Waals surface area (Å²) in [6.45, 7) is 0.365. The highest BCUT2D eigenvalue weighted by atomic mass is 16.5. The highest BCUT2D eigenvalue weighted by molar-refractivity contribution is 6.03. The van der Waals surface area contributed by atoms with Gasteiger partial charge in [-0.1, -0.05) is 133 Å². The molecular formula is C49H38O4. The molecule has 9 rings (SSSR count). The summed E-state index contributed by atoms with van der Waals surface area (Å²) in [5, 5.41) is 23.7. The monoisotopic (exact) mass is 690 g/mol. The summed E-state index contributed by atoms with van der Waals surface area (Å²) in [5.74, 6) is 1.41. The summed E-state index contributed by atoms with van der Waals surface area (Å²) in [5.41, 5.74) is 11.0. The predicted molar refractivity (Wildman–Crippen MR) is 215 cm³/mol. The summed E-state index contributed by atoms with van der Waals surface area (Å²) >= 11 is 0. The SMILES string of the molecule is OCCOc1ccc(C2(c3ccc(OCCO)cc3)c3cccc(-c4ccc5ccccc5c4)c3-c3c(-c4ccc5ccccc5c4)cccc32)cc1. The van der Waals surface area contributed by atoms with E-state index in [9.17, 15) is 10.2 Å². The fraction of sp³-hybridized carbons (Fsp3) is 0.102. The average Bonchev–Trinajstić information content (AvgIpc) is 3.53. The number of rotatable bonds is 10. The minimum absolute atomic E-state index is 0.0494. The highest BCUT2D eigenvalue weighted by Crippen LogP contribution is 2.60. The van der Waals surface area contributed by atoms with Gasteiger partial charge in [0.25, 0.3) is 0 Å². The third kappa shape index (κ3) is 5.55. The molecule has 1 aliphatic carbocycles. The van der Waals surface area contributed by atoms with Gasteiger partial charge < -0.3 is 19.7 Å². The Bertz CT molecular complexity index is 2410. The van der Waals surface area contributed by atoms with Gasteiger partial charge in [0.15, 0.2) is 0 Å². The van der Waals surface area contributed by atoms with Crippen molar-refractivity contribution in [2.75, 3.05) is 26.4 Å².